The van der Waals surface area contributed by atoms with Crippen LogP contribution in [0.1, 0.15) is 21.5 Å². The molecule has 0 fully saturated rings. The van der Waals surface area contributed by atoms with Crippen molar-refractivity contribution < 1.29 is 40.9 Å². The first kappa shape index (κ1) is 29.1. The second-order valence-corrected chi connectivity index (χ2v) is 11.1. The second-order valence-electron chi connectivity index (χ2n) is 8.33. The molecule has 4 aromatic rings. The number of nitrogens with zero attached hydrogens (tertiary/aromatic N) is 2. The summed E-state index contributed by atoms with van der Waals surface area (Å²) in [5.41, 5.74) is -1.01. The predicted molar refractivity (Wildman–Crippen MR) is 146 cm³/mol. The van der Waals surface area contributed by atoms with Crippen LogP contribution >= 0.6 is 0 Å². The zero-order chi connectivity index (χ0) is 29.8. The molecule has 3 N–H and O–H groups in total. The van der Waals surface area contributed by atoms with E-state index < -0.39 is 59.0 Å². The van der Waals surface area contributed by atoms with Gasteiger partial charge in [-0.25, -0.2) is 0 Å². The molecular weight excluding hydrogens is 574 g/mol. The molecule has 0 spiro atoms. The number of hydrogen-bond donors (Lipinski definition) is 3. The van der Waals surface area contributed by atoms with E-state index in [1.54, 1.807) is 48.5 Å². The molecule has 4 rings (SSSR count). The number of carbonyl (C=O) groups is 1. The number of aliphatic imine (C=N–C) groups is 2. The van der Waals surface area contributed by atoms with E-state index in [1.165, 1.54) is 12.1 Å². The van der Waals surface area contributed by atoms with E-state index in [0.717, 1.165) is 36.4 Å². The summed E-state index contributed by atoms with van der Waals surface area (Å²) < 4.78 is 67.6. The van der Waals surface area contributed by atoms with Crippen LogP contribution in [0, 0.1) is 0 Å². The maximum absolute atomic E-state index is 13.0. The highest BCUT2D eigenvalue weighted by Crippen LogP contribution is 2.29. The van der Waals surface area contributed by atoms with E-state index in [-0.39, 0.29) is 16.8 Å². The number of carbonyl (C=O) groups excluding carboxylic acids is 1. The van der Waals surface area contributed by atoms with Gasteiger partial charge < -0.3 is 15.5 Å². The number of para-hydroxylation sites is 1. The van der Waals surface area contributed by atoms with E-state index in [9.17, 15) is 40.9 Å². The monoisotopic (exact) mass is 593 g/mol. The van der Waals surface area contributed by atoms with Gasteiger partial charge >= 0.3 is 0 Å². The standard InChI is InChI=1S/C27H21N3O9S2/c31-25(17-7-3-1-4-8-17)30-22-14-12-20(16-24(22)41(37,38)39)29-27(33)21-13-11-18(15-23(21)40(34,35)36)26(32)28-19-9-5-2-6-10-19/h1-16H,(H,28,32)(H,29,33)(H,30,31)(H,34,35,36)(H,37,38,39)/p-2. The summed E-state index contributed by atoms with van der Waals surface area (Å²) in [6.45, 7) is 0. The van der Waals surface area contributed by atoms with Crippen molar-refractivity contribution in [1.29, 1.82) is 0 Å². The Morgan fingerprint density at radius 3 is 1.85 bits per heavy atom. The molecule has 0 heterocycles. The van der Waals surface area contributed by atoms with Gasteiger partial charge in [-0.2, -0.15) is 16.8 Å². The van der Waals surface area contributed by atoms with E-state index >= 15 is 0 Å². The number of anilines is 1. The average Bonchev–Trinajstić information content (AvgIpc) is 2.93. The molecule has 210 valence electrons. The van der Waals surface area contributed by atoms with E-state index in [1.807, 2.05) is 0 Å². The van der Waals surface area contributed by atoms with Gasteiger partial charge in [-0.15, -0.1) is 0 Å². The molecule has 0 unspecified atom stereocenters. The lowest BCUT2D eigenvalue weighted by Crippen LogP contribution is -2.21. The molecule has 0 bridgehead atoms. The molecule has 0 atom stereocenters. The summed E-state index contributed by atoms with van der Waals surface area (Å²) >= 11 is 0. The molecule has 0 radical (unpaired) electrons. The third-order valence-corrected chi connectivity index (χ3v) is 7.25. The van der Waals surface area contributed by atoms with Crippen molar-refractivity contribution in [2.75, 3.05) is 5.32 Å². The molecule has 4 aromatic carbocycles. The fraction of sp³-hybridized carbons (Fsp3) is 0. The predicted octanol–water partition coefficient (Wildman–Crippen LogP) is 2.31. The lowest BCUT2D eigenvalue weighted by atomic mass is 10.1. The summed E-state index contributed by atoms with van der Waals surface area (Å²) in [6, 6.07) is 21.7. The van der Waals surface area contributed by atoms with Gasteiger partial charge in [0.2, 0.25) is 0 Å². The average molecular weight is 594 g/mol. The first-order valence-corrected chi connectivity index (χ1v) is 14.4. The third-order valence-electron chi connectivity index (χ3n) is 5.48. The number of amides is 1. The van der Waals surface area contributed by atoms with Crippen LogP contribution in [0.25, 0.3) is 0 Å². The molecule has 41 heavy (non-hydrogen) atoms. The quantitative estimate of drug-likeness (QED) is 0.155. The summed E-state index contributed by atoms with van der Waals surface area (Å²) in [5.74, 6) is -2.74. The Hall–Kier alpha value is -4.89. The van der Waals surface area contributed by atoms with Gasteiger partial charge in [0.15, 0.2) is 0 Å². The molecular formula is C27H19N3O9S2-2. The molecule has 0 aliphatic rings. The Labute approximate surface area is 234 Å². The fourth-order valence-electron chi connectivity index (χ4n) is 3.58. The zero-order valence-corrected chi connectivity index (χ0v) is 22.3. The van der Waals surface area contributed by atoms with Crippen molar-refractivity contribution in [3.05, 3.63) is 114 Å². The normalized spacial score (nSPS) is 12.6. The Bertz CT molecular complexity index is 1890. The molecule has 0 saturated carbocycles. The van der Waals surface area contributed by atoms with Crippen LogP contribution in [0.5, 0.6) is 0 Å². The van der Waals surface area contributed by atoms with Crippen molar-refractivity contribution in [2.24, 2.45) is 9.98 Å². The van der Waals surface area contributed by atoms with Crippen LogP contribution in [0.2, 0.25) is 0 Å². The smallest absolute Gasteiger partial charge is 0.296 e. The Morgan fingerprint density at radius 1 is 0.659 bits per heavy atom. The van der Waals surface area contributed by atoms with Crippen LogP contribution < -0.4 is 15.5 Å². The molecule has 0 aliphatic heterocycles. The van der Waals surface area contributed by atoms with Gasteiger partial charge in [0.05, 0.1) is 16.9 Å². The minimum Gasteiger partial charge on any atom is -0.858 e. The van der Waals surface area contributed by atoms with E-state index in [2.05, 4.69) is 15.3 Å². The van der Waals surface area contributed by atoms with Crippen LogP contribution in [-0.4, -0.2) is 43.6 Å². The van der Waals surface area contributed by atoms with Gasteiger partial charge in [0.1, 0.15) is 9.79 Å². The van der Waals surface area contributed by atoms with Crippen molar-refractivity contribution in [2.45, 2.75) is 9.79 Å². The Balaban J connectivity index is 1.68. The molecule has 0 aliphatic carbocycles. The maximum atomic E-state index is 13.0. The molecule has 14 heteroatoms. The van der Waals surface area contributed by atoms with Gasteiger partial charge in [-0.05, 0) is 65.4 Å². The minimum atomic E-state index is -5.02. The van der Waals surface area contributed by atoms with Gasteiger partial charge in [-0.1, -0.05) is 54.6 Å². The first-order valence-electron chi connectivity index (χ1n) is 11.5. The zero-order valence-electron chi connectivity index (χ0n) is 20.7. The van der Waals surface area contributed by atoms with Gasteiger partial charge in [-0.3, -0.25) is 23.9 Å². The summed E-state index contributed by atoms with van der Waals surface area (Å²) in [7, 11) is -9.96. The highest BCUT2D eigenvalue weighted by Gasteiger charge is 2.23. The highest BCUT2D eigenvalue weighted by molar-refractivity contribution is 7.86. The van der Waals surface area contributed by atoms with Crippen LogP contribution in [-0.2, 0) is 20.2 Å². The second kappa shape index (κ2) is 11.7. The number of rotatable bonds is 8. The minimum absolute atomic E-state index is 0.155. The number of nitrogens with one attached hydrogen (secondary N) is 1. The van der Waals surface area contributed by atoms with Crippen molar-refractivity contribution in [3.8, 4) is 0 Å². The van der Waals surface area contributed by atoms with E-state index in [0.29, 0.717) is 5.69 Å². The summed E-state index contributed by atoms with van der Waals surface area (Å²) in [5, 5.41) is 27.2. The molecule has 12 nitrogen and oxygen atoms in total. The van der Waals surface area contributed by atoms with Crippen molar-refractivity contribution in [1.82, 2.24) is 0 Å². The molecule has 0 aromatic heterocycles. The van der Waals surface area contributed by atoms with Crippen molar-refractivity contribution in [3.63, 3.8) is 0 Å². The van der Waals surface area contributed by atoms with E-state index in [4.69, 9.17) is 0 Å². The van der Waals surface area contributed by atoms with Crippen LogP contribution in [0.4, 0.5) is 17.1 Å². The number of benzene rings is 4. The van der Waals surface area contributed by atoms with Gasteiger partial charge in [0.25, 0.3) is 26.1 Å². The molecule has 1 amide bonds. The largest absolute Gasteiger partial charge is 0.858 e. The highest BCUT2D eigenvalue weighted by atomic mass is 32.2. The SMILES string of the molecule is O=C(Nc1ccc(N=C([O-])c2ccccc2)c(S(=O)(=O)O)c1)c1ccc(C([O-])=Nc2ccccc2)cc1S(=O)(=O)O. The Kier molecular flexibility index (Phi) is 8.30. The lowest BCUT2D eigenvalue weighted by molar-refractivity contribution is -0.213. The topological polar surface area (TPSA) is 209 Å². The lowest BCUT2D eigenvalue weighted by Gasteiger charge is -2.15. The van der Waals surface area contributed by atoms with Crippen LogP contribution in [0.3, 0.4) is 0 Å². The van der Waals surface area contributed by atoms with Crippen molar-refractivity contribution >= 4 is 55.0 Å². The number of hydrogen-bond acceptors (Lipinski definition) is 9. The van der Waals surface area contributed by atoms with Gasteiger partial charge in [0, 0.05) is 5.69 Å². The first-order chi connectivity index (χ1) is 19.3. The summed E-state index contributed by atoms with van der Waals surface area (Å²) in [4.78, 5) is 18.8. The molecule has 0 saturated heterocycles. The third kappa shape index (κ3) is 7.20. The van der Waals surface area contributed by atoms with Crippen LogP contribution in [0.15, 0.2) is 117 Å². The summed E-state index contributed by atoms with van der Waals surface area (Å²) in [6.07, 6.45) is 0. The maximum Gasteiger partial charge on any atom is 0.296 e. The fourth-order valence-corrected chi connectivity index (χ4v) is 4.95. The Morgan fingerprint density at radius 2 is 1.24 bits per heavy atom.